The van der Waals surface area contributed by atoms with Crippen LogP contribution in [-0.4, -0.2) is 35.2 Å². The van der Waals surface area contributed by atoms with Gasteiger partial charge in [-0.15, -0.1) is 16.9 Å². The SMILES string of the molecule is Nc1nc(CSCc2nnnn2-c2ccccc2)nc(Nc2ccccc2)n1. The van der Waals surface area contributed by atoms with Gasteiger partial charge in [0.1, 0.15) is 5.82 Å². The summed E-state index contributed by atoms with van der Waals surface area (Å²) >= 11 is 1.60. The van der Waals surface area contributed by atoms with Crippen molar-refractivity contribution in [2.45, 2.75) is 11.5 Å². The van der Waals surface area contributed by atoms with Gasteiger partial charge in [0.2, 0.25) is 11.9 Å². The predicted octanol–water partition coefficient (Wildman–Crippen LogP) is 2.61. The van der Waals surface area contributed by atoms with Crippen LogP contribution in [0.25, 0.3) is 5.69 Å². The Hall–Kier alpha value is -3.53. The van der Waals surface area contributed by atoms with Crippen molar-refractivity contribution in [2.24, 2.45) is 0 Å². The zero-order valence-corrected chi connectivity index (χ0v) is 15.6. The summed E-state index contributed by atoms with van der Waals surface area (Å²) in [6.45, 7) is 0. The Morgan fingerprint density at radius 1 is 0.893 bits per heavy atom. The number of nitrogens with two attached hydrogens (primary N) is 1. The summed E-state index contributed by atoms with van der Waals surface area (Å²) in [6, 6.07) is 19.4. The van der Waals surface area contributed by atoms with Crippen LogP contribution in [-0.2, 0) is 11.5 Å². The zero-order valence-electron chi connectivity index (χ0n) is 14.8. The van der Waals surface area contributed by atoms with Crippen molar-refractivity contribution in [3.8, 4) is 5.69 Å². The fourth-order valence-corrected chi connectivity index (χ4v) is 3.28. The molecule has 0 fully saturated rings. The van der Waals surface area contributed by atoms with Gasteiger partial charge in [-0.1, -0.05) is 36.4 Å². The van der Waals surface area contributed by atoms with Crippen LogP contribution in [0.5, 0.6) is 0 Å². The molecule has 0 saturated carbocycles. The molecule has 0 unspecified atom stereocenters. The Bertz CT molecular complexity index is 1040. The standard InChI is InChI=1S/C18H17N9S/c19-17-21-15(22-18(23-17)20-13-7-3-1-4-8-13)11-28-12-16-24-25-26-27(16)14-9-5-2-6-10-14/h1-10H,11-12H2,(H3,19,20,21,22,23). The number of anilines is 3. The molecule has 28 heavy (non-hydrogen) atoms. The van der Waals surface area contributed by atoms with Gasteiger partial charge in [-0.3, -0.25) is 0 Å². The Kier molecular flexibility index (Phi) is 5.38. The molecule has 0 radical (unpaired) electrons. The molecular formula is C18H17N9S. The normalized spacial score (nSPS) is 10.7. The lowest BCUT2D eigenvalue weighted by atomic mass is 10.3. The van der Waals surface area contributed by atoms with Crippen LogP contribution in [0.15, 0.2) is 60.7 Å². The lowest BCUT2D eigenvalue weighted by Gasteiger charge is -2.07. The van der Waals surface area contributed by atoms with Crippen LogP contribution in [0.4, 0.5) is 17.6 Å². The number of hydrogen-bond donors (Lipinski definition) is 2. The second kappa shape index (κ2) is 8.44. The topological polar surface area (TPSA) is 120 Å². The maximum Gasteiger partial charge on any atom is 0.232 e. The number of nitrogens with one attached hydrogen (secondary N) is 1. The van der Waals surface area contributed by atoms with Gasteiger partial charge in [0, 0.05) is 5.69 Å². The molecule has 0 aliphatic rings. The number of nitrogens with zero attached hydrogens (tertiary/aromatic N) is 7. The van der Waals surface area contributed by atoms with E-state index >= 15 is 0 Å². The van der Waals surface area contributed by atoms with E-state index in [0.717, 1.165) is 17.2 Å². The molecule has 2 aromatic heterocycles. The lowest BCUT2D eigenvalue weighted by Crippen LogP contribution is -2.07. The minimum atomic E-state index is 0.179. The number of para-hydroxylation sites is 2. The highest BCUT2D eigenvalue weighted by Gasteiger charge is 2.10. The Labute approximate surface area is 165 Å². The van der Waals surface area contributed by atoms with Gasteiger partial charge in [-0.2, -0.15) is 19.6 Å². The number of rotatable bonds is 7. The first-order valence-electron chi connectivity index (χ1n) is 8.51. The number of tetrazole rings is 1. The molecule has 0 amide bonds. The van der Waals surface area contributed by atoms with Crippen molar-refractivity contribution in [3.05, 3.63) is 72.3 Å². The Morgan fingerprint density at radius 2 is 1.64 bits per heavy atom. The molecule has 3 N–H and O–H groups in total. The van der Waals surface area contributed by atoms with Gasteiger partial charge in [0.15, 0.2) is 5.82 Å². The maximum absolute atomic E-state index is 5.83. The molecule has 0 saturated heterocycles. The van der Waals surface area contributed by atoms with Gasteiger partial charge in [-0.25, -0.2) is 0 Å². The molecule has 4 aromatic rings. The molecule has 0 bridgehead atoms. The molecule has 0 aliphatic heterocycles. The van der Waals surface area contributed by atoms with E-state index in [2.05, 4.69) is 35.8 Å². The van der Waals surface area contributed by atoms with Crippen LogP contribution < -0.4 is 11.1 Å². The maximum atomic E-state index is 5.83. The molecule has 4 rings (SSSR count). The molecule has 0 atom stereocenters. The summed E-state index contributed by atoms with van der Waals surface area (Å²) in [5.41, 5.74) is 7.63. The third-order valence-electron chi connectivity index (χ3n) is 3.73. The average molecular weight is 391 g/mol. The van der Waals surface area contributed by atoms with Crippen LogP contribution in [0.3, 0.4) is 0 Å². The number of nitrogen functional groups attached to an aromatic ring is 1. The molecular weight excluding hydrogens is 374 g/mol. The minimum absolute atomic E-state index is 0.179. The highest BCUT2D eigenvalue weighted by atomic mass is 32.2. The van der Waals surface area contributed by atoms with Gasteiger partial charge in [0.25, 0.3) is 0 Å². The Morgan fingerprint density at radius 3 is 2.43 bits per heavy atom. The molecule has 0 spiro atoms. The Balaban J connectivity index is 1.41. The van der Waals surface area contributed by atoms with E-state index in [9.17, 15) is 0 Å². The molecule has 10 heteroatoms. The smallest absolute Gasteiger partial charge is 0.232 e. The second-order valence-electron chi connectivity index (χ2n) is 5.76. The van der Waals surface area contributed by atoms with E-state index in [4.69, 9.17) is 5.73 Å². The van der Waals surface area contributed by atoms with E-state index in [0.29, 0.717) is 23.3 Å². The summed E-state index contributed by atoms with van der Waals surface area (Å²) in [5.74, 6) is 3.10. The molecule has 0 aliphatic carbocycles. The number of hydrogen-bond acceptors (Lipinski definition) is 9. The monoisotopic (exact) mass is 391 g/mol. The summed E-state index contributed by atoms with van der Waals surface area (Å²) < 4.78 is 1.72. The first kappa shape index (κ1) is 17.9. The summed E-state index contributed by atoms with van der Waals surface area (Å²) in [5, 5.41) is 15.1. The van der Waals surface area contributed by atoms with E-state index in [1.165, 1.54) is 0 Å². The number of thioether (sulfide) groups is 1. The zero-order chi connectivity index (χ0) is 19.2. The third-order valence-corrected chi connectivity index (χ3v) is 4.65. The molecule has 2 aromatic carbocycles. The van der Waals surface area contributed by atoms with E-state index in [1.54, 1.807) is 16.4 Å². The number of aromatic nitrogens is 7. The third kappa shape index (κ3) is 4.41. The van der Waals surface area contributed by atoms with Gasteiger partial charge < -0.3 is 11.1 Å². The highest BCUT2D eigenvalue weighted by molar-refractivity contribution is 7.97. The molecule has 2 heterocycles. The van der Waals surface area contributed by atoms with Crippen LogP contribution in [0.2, 0.25) is 0 Å². The van der Waals surface area contributed by atoms with Crippen LogP contribution in [0.1, 0.15) is 11.6 Å². The summed E-state index contributed by atoms with van der Waals surface area (Å²) in [7, 11) is 0. The summed E-state index contributed by atoms with van der Waals surface area (Å²) in [4.78, 5) is 12.8. The molecule has 140 valence electrons. The predicted molar refractivity (Wildman–Crippen MR) is 108 cm³/mol. The first-order valence-corrected chi connectivity index (χ1v) is 9.66. The lowest BCUT2D eigenvalue weighted by molar-refractivity contribution is 0.777. The van der Waals surface area contributed by atoms with E-state index < -0.39 is 0 Å². The van der Waals surface area contributed by atoms with Crippen molar-refractivity contribution in [2.75, 3.05) is 11.1 Å². The van der Waals surface area contributed by atoms with Gasteiger partial charge in [-0.05, 0) is 34.7 Å². The van der Waals surface area contributed by atoms with Crippen molar-refractivity contribution in [3.63, 3.8) is 0 Å². The van der Waals surface area contributed by atoms with Crippen molar-refractivity contribution in [1.29, 1.82) is 0 Å². The minimum Gasteiger partial charge on any atom is -0.368 e. The average Bonchev–Trinajstić information content (AvgIpc) is 3.18. The largest absolute Gasteiger partial charge is 0.368 e. The summed E-state index contributed by atoms with van der Waals surface area (Å²) in [6.07, 6.45) is 0. The van der Waals surface area contributed by atoms with Crippen molar-refractivity contribution < 1.29 is 0 Å². The quantitative estimate of drug-likeness (QED) is 0.489. The highest BCUT2D eigenvalue weighted by Crippen LogP contribution is 2.18. The molecule has 9 nitrogen and oxygen atoms in total. The van der Waals surface area contributed by atoms with Crippen LogP contribution >= 0.6 is 11.8 Å². The van der Waals surface area contributed by atoms with Crippen molar-refractivity contribution >= 4 is 29.3 Å². The van der Waals surface area contributed by atoms with E-state index in [-0.39, 0.29) is 5.95 Å². The first-order chi connectivity index (χ1) is 13.8. The fraction of sp³-hybridized carbons (Fsp3) is 0.111. The van der Waals surface area contributed by atoms with Crippen molar-refractivity contribution in [1.82, 2.24) is 35.2 Å². The van der Waals surface area contributed by atoms with E-state index in [1.807, 2.05) is 60.7 Å². The van der Waals surface area contributed by atoms with Gasteiger partial charge in [0.05, 0.1) is 17.2 Å². The van der Waals surface area contributed by atoms with Crippen LogP contribution in [0, 0.1) is 0 Å². The number of benzene rings is 2. The second-order valence-corrected chi connectivity index (χ2v) is 6.75. The fourth-order valence-electron chi connectivity index (χ4n) is 2.51. The van der Waals surface area contributed by atoms with Gasteiger partial charge >= 0.3 is 0 Å².